The first-order valence-electron chi connectivity index (χ1n) is 9.13. The highest BCUT2D eigenvalue weighted by molar-refractivity contribution is 5.94. The predicted octanol–water partition coefficient (Wildman–Crippen LogP) is 3.46. The number of rotatable bonds is 5. The normalized spacial score (nSPS) is 15.6. The molecule has 0 atom stereocenters. The summed E-state index contributed by atoms with van der Waals surface area (Å²) >= 11 is 0. The van der Waals surface area contributed by atoms with E-state index in [1.807, 2.05) is 30.0 Å². The molecule has 2 rings (SSSR count). The largest absolute Gasteiger partial charge is 0.353 e. The van der Waals surface area contributed by atoms with Crippen molar-refractivity contribution in [3.05, 3.63) is 34.9 Å². The molecule has 1 aliphatic heterocycles. The third-order valence-electron chi connectivity index (χ3n) is 5.24. The maximum Gasteiger partial charge on any atom is 0.253 e. The Bertz CT molecular complexity index is 585. The Morgan fingerprint density at radius 1 is 1.12 bits per heavy atom. The Balaban J connectivity index is 1.89. The van der Waals surface area contributed by atoms with Gasteiger partial charge in [0.25, 0.3) is 5.91 Å². The molecule has 2 amide bonds. The van der Waals surface area contributed by atoms with Crippen molar-refractivity contribution >= 4 is 11.8 Å². The molecule has 0 aromatic heterocycles. The van der Waals surface area contributed by atoms with Crippen LogP contribution < -0.4 is 5.32 Å². The Kier molecular flexibility index (Phi) is 6.41. The Morgan fingerprint density at radius 2 is 1.75 bits per heavy atom. The molecule has 0 unspecified atom stereocenters. The van der Waals surface area contributed by atoms with Gasteiger partial charge in [-0.25, -0.2) is 0 Å². The van der Waals surface area contributed by atoms with Crippen molar-refractivity contribution in [2.45, 2.75) is 59.4 Å². The van der Waals surface area contributed by atoms with Gasteiger partial charge in [0.05, 0.1) is 0 Å². The van der Waals surface area contributed by atoms with Gasteiger partial charge in [-0.2, -0.15) is 0 Å². The molecule has 0 bridgehead atoms. The summed E-state index contributed by atoms with van der Waals surface area (Å²) in [6, 6.07) is 6.08. The van der Waals surface area contributed by atoms with E-state index in [9.17, 15) is 9.59 Å². The number of nitrogens with zero attached hydrogens (tertiary/aromatic N) is 1. The summed E-state index contributed by atoms with van der Waals surface area (Å²) in [4.78, 5) is 26.7. The average molecular weight is 330 g/mol. The lowest BCUT2D eigenvalue weighted by Gasteiger charge is -2.33. The van der Waals surface area contributed by atoms with Crippen molar-refractivity contribution in [3.8, 4) is 0 Å². The average Bonchev–Trinajstić information content (AvgIpc) is 2.58. The van der Waals surface area contributed by atoms with Gasteiger partial charge in [0.15, 0.2) is 0 Å². The quantitative estimate of drug-likeness (QED) is 0.899. The number of amides is 2. The van der Waals surface area contributed by atoms with Crippen LogP contribution in [0.25, 0.3) is 0 Å². The number of aryl methyl sites for hydroxylation is 2. The minimum atomic E-state index is 0.0999. The lowest BCUT2D eigenvalue weighted by molar-refractivity contribution is -0.126. The van der Waals surface area contributed by atoms with Crippen LogP contribution in [-0.2, 0) is 4.79 Å². The predicted molar refractivity (Wildman–Crippen MR) is 97.1 cm³/mol. The van der Waals surface area contributed by atoms with E-state index in [2.05, 4.69) is 26.1 Å². The Morgan fingerprint density at radius 3 is 2.29 bits per heavy atom. The van der Waals surface area contributed by atoms with Crippen LogP contribution in [0.5, 0.6) is 0 Å². The highest BCUT2D eigenvalue weighted by Crippen LogP contribution is 2.17. The van der Waals surface area contributed by atoms with Crippen LogP contribution in [0, 0.1) is 19.8 Å². The summed E-state index contributed by atoms with van der Waals surface area (Å²) in [6.07, 6.45) is 3.43. The highest BCUT2D eigenvalue weighted by atomic mass is 16.2. The molecule has 4 nitrogen and oxygen atoms in total. The van der Waals surface area contributed by atoms with Crippen molar-refractivity contribution in [3.63, 3.8) is 0 Å². The van der Waals surface area contributed by atoms with Crippen LogP contribution in [-0.4, -0.2) is 35.8 Å². The number of piperidine rings is 1. The minimum absolute atomic E-state index is 0.0999. The molecule has 132 valence electrons. The molecule has 1 aliphatic rings. The van der Waals surface area contributed by atoms with E-state index in [1.54, 1.807) is 0 Å². The van der Waals surface area contributed by atoms with Crippen molar-refractivity contribution in [2.75, 3.05) is 13.1 Å². The summed E-state index contributed by atoms with van der Waals surface area (Å²) in [5, 5.41) is 3.16. The van der Waals surface area contributed by atoms with Gasteiger partial charge in [-0.1, -0.05) is 19.9 Å². The SMILES string of the molecule is CCC(CC)C(=O)NC1CCN(C(=O)c2ccc(C)c(C)c2)CC1. The summed E-state index contributed by atoms with van der Waals surface area (Å²) in [7, 11) is 0. The van der Waals surface area contributed by atoms with Gasteiger partial charge in [-0.05, 0) is 62.8 Å². The topological polar surface area (TPSA) is 49.4 Å². The molecule has 1 fully saturated rings. The maximum atomic E-state index is 12.6. The summed E-state index contributed by atoms with van der Waals surface area (Å²) in [6.45, 7) is 9.61. The number of benzene rings is 1. The van der Waals surface area contributed by atoms with E-state index < -0.39 is 0 Å². The smallest absolute Gasteiger partial charge is 0.253 e. The number of carbonyl (C=O) groups excluding carboxylic acids is 2. The molecule has 0 saturated carbocycles. The third kappa shape index (κ3) is 4.37. The zero-order chi connectivity index (χ0) is 17.7. The number of nitrogens with one attached hydrogen (secondary N) is 1. The lowest BCUT2D eigenvalue weighted by atomic mass is 9.99. The summed E-state index contributed by atoms with van der Waals surface area (Å²) < 4.78 is 0. The molecule has 0 radical (unpaired) electrons. The van der Waals surface area contributed by atoms with Crippen LogP contribution in [0.1, 0.15) is 61.0 Å². The van der Waals surface area contributed by atoms with E-state index in [-0.39, 0.29) is 23.8 Å². The van der Waals surface area contributed by atoms with Crippen molar-refractivity contribution in [1.82, 2.24) is 10.2 Å². The molecular formula is C20H30N2O2. The fraction of sp³-hybridized carbons (Fsp3) is 0.600. The fourth-order valence-electron chi connectivity index (χ4n) is 3.26. The maximum absolute atomic E-state index is 12.6. The van der Waals surface area contributed by atoms with Crippen molar-refractivity contribution in [1.29, 1.82) is 0 Å². The number of carbonyl (C=O) groups is 2. The van der Waals surface area contributed by atoms with Crippen molar-refractivity contribution < 1.29 is 9.59 Å². The van der Waals surface area contributed by atoms with Gasteiger partial charge < -0.3 is 10.2 Å². The minimum Gasteiger partial charge on any atom is -0.353 e. The second-order valence-electron chi connectivity index (χ2n) is 6.89. The molecule has 0 aliphatic carbocycles. The number of likely N-dealkylation sites (tertiary alicyclic amines) is 1. The first-order chi connectivity index (χ1) is 11.5. The Hall–Kier alpha value is -1.84. The van der Waals surface area contributed by atoms with E-state index >= 15 is 0 Å². The first-order valence-corrected chi connectivity index (χ1v) is 9.13. The highest BCUT2D eigenvalue weighted by Gasteiger charge is 2.26. The Labute approximate surface area is 145 Å². The molecule has 24 heavy (non-hydrogen) atoms. The van der Waals surface area contributed by atoms with Gasteiger partial charge in [0, 0.05) is 30.6 Å². The van der Waals surface area contributed by atoms with Crippen LogP contribution >= 0.6 is 0 Å². The molecule has 1 N–H and O–H groups in total. The van der Waals surface area contributed by atoms with Crippen LogP contribution in [0.2, 0.25) is 0 Å². The van der Waals surface area contributed by atoms with Gasteiger partial charge in [0.2, 0.25) is 5.91 Å². The fourth-order valence-corrected chi connectivity index (χ4v) is 3.26. The van der Waals surface area contributed by atoms with Crippen molar-refractivity contribution in [2.24, 2.45) is 5.92 Å². The van der Waals surface area contributed by atoms with Crippen LogP contribution in [0.4, 0.5) is 0 Å². The molecule has 4 heteroatoms. The second kappa shape index (κ2) is 8.32. The summed E-state index contributed by atoms with van der Waals surface area (Å²) in [5.74, 6) is 0.377. The van der Waals surface area contributed by atoms with E-state index in [1.165, 1.54) is 5.56 Å². The first kappa shape index (κ1) is 18.5. The number of hydrogen-bond donors (Lipinski definition) is 1. The molecule has 0 spiro atoms. The van der Waals surface area contributed by atoms with Crippen LogP contribution in [0.15, 0.2) is 18.2 Å². The van der Waals surface area contributed by atoms with Gasteiger partial charge in [0.1, 0.15) is 0 Å². The van der Waals surface area contributed by atoms with Crippen LogP contribution in [0.3, 0.4) is 0 Å². The summed E-state index contributed by atoms with van der Waals surface area (Å²) in [5.41, 5.74) is 3.11. The molecule has 1 saturated heterocycles. The third-order valence-corrected chi connectivity index (χ3v) is 5.24. The molecule has 1 aromatic carbocycles. The monoisotopic (exact) mass is 330 g/mol. The number of hydrogen-bond acceptors (Lipinski definition) is 2. The second-order valence-corrected chi connectivity index (χ2v) is 6.89. The van der Waals surface area contributed by atoms with E-state index in [0.29, 0.717) is 13.1 Å². The molecular weight excluding hydrogens is 300 g/mol. The molecule has 1 aromatic rings. The zero-order valence-corrected chi connectivity index (χ0v) is 15.4. The van der Waals surface area contributed by atoms with E-state index in [0.717, 1.165) is 36.8 Å². The standard InChI is InChI=1S/C20H30N2O2/c1-5-16(6-2)19(23)21-18-9-11-22(12-10-18)20(24)17-8-7-14(3)15(4)13-17/h7-8,13,16,18H,5-6,9-12H2,1-4H3,(H,21,23). The lowest BCUT2D eigenvalue weighted by Crippen LogP contribution is -2.47. The molecule has 1 heterocycles. The zero-order valence-electron chi connectivity index (χ0n) is 15.4. The van der Waals surface area contributed by atoms with Gasteiger partial charge >= 0.3 is 0 Å². The van der Waals surface area contributed by atoms with E-state index in [4.69, 9.17) is 0 Å². The van der Waals surface area contributed by atoms with Gasteiger partial charge in [-0.3, -0.25) is 9.59 Å². The van der Waals surface area contributed by atoms with Gasteiger partial charge in [-0.15, -0.1) is 0 Å².